The van der Waals surface area contributed by atoms with Crippen molar-refractivity contribution in [1.29, 1.82) is 0 Å². The Morgan fingerprint density at radius 2 is 1.94 bits per heavy atom. The van der Waals surface area contributed by atoms with Crippen LogP contribution in [0, 0.1) is 13.8 Å². The fourth-order valence-electron chi connectivity index (χ4n) is 2.63. The molecule has 0 fully saturated rings. The van der Waals surface area contributed by atoms with E-state index in [9.17, 15) is 22.4 Å². The van der Waals surface area contributed by atoms with Gasteiger partial charge in [0.2, 0.25) is 0 Å². The summed E-state index contributed by atoms with van der Waals surface area (Å²) >= 11 is 0. The summed E-state index contributed by atoms with van der Waals surface area (Å²) in [5.74, 6) is 0.358. The van der Waals surface area contributed by atoms with Crippen molar-refractivity contribution >= 4 is 17.9 Å². The number of hydrazine groups is 1. The van der Waals surface area contributed by atoms with Crippen LogP contribution in [0.4, 0.5) is 23.4 Å². The molecule has 3 aromatic rings. The monoisotopic (exact) mass is 435 g/mol. The first-order valence-electron chi connectivity index (χ1n) is 8.89. The van der Waals surface area contributed by atoms with E-state index < -0.39 is 24.3 Å². The number of amides is 1. The van der Waals surface area contributed by atoms with Gasteiger partial charge in [-0.05, 0) is 37.6 Å². The molecule has 0 aliphatic carbocycles. The van der Waals surface area contributed by atoms with Gasteiger partial charge in [-0.2, -0.15) is 13.2 Å². The molecule has 8 nitrogen and oxygen atoms in total. The van der Waals surface area contributed by atoms with Crippen molar-refractivity contribution < 1.29 is 22.4 Å². The quantitative estimate of drug-likeness (QED) is 0.350. The van der Waals surface area contributed by atoms with Crippen LogP contribution >= 0.6 is 0 Å². The van der Waals surface area contributed by atoms with Gasteiger partial charge in [0, 0.05) is 29.6 Å². The van der Waals surface area contributed by atoms with Crippen molar-refractivity contribution in [3.05, 3.63) is 59.3 Å². The fourth-order valence-corrected chi connectivity index (χ4v) is 2.63. The lowest BCUT2D eigenvalue weighted by atomic mass is 10.1. The number of nitrogens with one attached hydrogen (secondary N) is 2. The van der Waals surface area contributed by atoms with Crippen LogP contribution in [0.25, 0.3) is 17.6 Å². The lowest BCUT2D eigenvalue weighted by molar-refractivity contribution is -0.137. The third-order valence-corrected chi connectivity index (χ3v) is 3.90. The highest BCUT2D eigenvalue weighted by atomic mass is 19.4. The molecule has 12 heteroatoms. The number of halogens is 4. The molecule has 0 unspecified atom stereocenters. The van der Waals surface area contributed by atoms with Crippen LogP contribution in [-0.2, 0) is 17.6 Å². The largest absolute Gasteiger partial charge is 0.416 e. The van der Waals surface area contributed by atoms with Gasteiger partial charge in [0.25, 0.3) is 5.91 Å². The van der Waals surface area contributed by atoms with E-state index in [-0.39, 0.29) is 17.0 Å². The fraction of sp³-hybridized carbons (Fsp3) is 0.211. The maximum atomic E-state index is 13.0. The Bertz CT molecular complexity index is 1100. The summed E-state index contributed by atoms with van der Waals surface area (Å²) in [6, 6.07) is 4.45. The van der Waals surface area contributed by atoms with Gasteiger partial charge < -0.3 is 0 Å². The van der Waals surface area contributed by atoms with Crippen LogP contribution in [0.1, 0.15) is 22.6 Å². The highest BCUT2D eigenvalue weighted by Crippen LogP contribution is 2.32. The lowest BCUT2D eigenvalue weighted by Crippen LogP contribution is -2.28. The molecular formula is C19H17F4N7O. The molecule has 162 valence electrons. The van der Waals surface area contributed by atoms with Gasteiger partial charge in [-0.15, -0.1) is 5.10 Å². The van der Waals surface area contributed by atoms with Crippen LogP contribution in [-0.4, -0.2) is 30.6 Å². The van der Waals surface area contributed by atoms with Crippen molar-refractivity contribution in [1.82, 2.24) is 30.2 Å². The number of nitrogens with zero attached hydrogens (tertiary/aromatic N) is 5. The third-order valence-electron chi connectivity index (χ3n) is 3.90. The topological polar surface area (TPSA) is 97.6 Å². The van der Waals surface area contributed by atoms with Crippen LogP contribution in [0.2, 0.25) is 0 Å². The molecule has 1 amide bonds. The molecule has 0 spiro atoms. The van der Waals surface area contributed by atoms with Gasteiger partial charge in [0.1, 0.15) is 24.6 Å². The first-order chi connectivity index (χ1) is 14.6. The molecule has 2 aromatic heterocycles. The van der Waals surface area contributed by atoms with Crippen LogP contribution in [0.3, 0.4) is 0 Å². The lowest BCUT2D eigenvalue weighted by Gasteiger charge is -2.09. The number of hydrogen-bond acceptors (Lipinski definition) is 6. The summed E-state index contributed by atoms with van der Waals surface area (Å²) in [4.78, 5) is 24.1. The number of carbonyl (C=O) groups excluding carboxylic acids is 1. The smallest absolute Gasteiger partial charge is 0.282 e. The molecule has 3 rings (SSSR count). The predicted octanol–water partition coefficient (Wildman–Crippen LogP) is 3.45. The van der Waals surface area contributed by atoms with Crippen molar-refractivity contribution in [2.45, 2.75) is 26.7 Å². The van der Waals surface area contributed by atoms with Crippen molar-refractivity contribution in [2.75, 3.05) is 5.43 Å². The van der Waals surface area contributed by atoms with E-state index in [1.807, 2.05) is 0 Å². The number of hydrogen-bond donors (Lipinski definition) is 2. The minimum absolute atomic E-state index is 0.00949. The maximum absolute atomic E-state index is 13.0. The molecule has 0 bridgehead atoms. The van der Waals surface area contributed by atoms with Gasteiger partial charge in [0.05, 0.1) is 5.56 Å². The standard InChI is InChI=1S/C19H17F4N7O/c1-11-5-16(26-12(2)25-11)27-28-17(31)3-4-30-10-24-18(29-30)14-6-13(9-20)7-15(8-14)19(21,22)23/h3-8,10H,9H2,1-2H3,(H,28,31)(H,25,26,27)/b4-3-. The molecule has 0 saturated heterocycles. The Balaban J connectivity index is 1.69. The first kappa shape index (κ1) is 21.9. The minimum atomic E-state index is -4.63. The number of rotatable bonds is 6. The first-order valence-corrected chi connectivity index (χ1v) is 8.89. The molecule has 0 saturated carbocycles. The average molecular weight is 435 g/mol. The summed E-state index contributed by atoms with van der Waals surface area (Å²) in [6.07, 6.45) is -1.04. The normalized spacial score (nSPS) is 11.7. The molecular weight excluding hydrogens is 418 g/mol. The number of aromatic nitrogens is 5. The van der Waals surface area contributed by atoms with E-state index in [4.69, 9.17) is 0 Å². The van der Waals surface area contributed by atoms with Crippen molar-refractivity contribution in [2.24, 2.45) is 0 Å². The van der Waals surface area contributed by atoms with E-state index in [2.05, 4.69) is 30.9 Å². The molecule has 31 heavy (non-hydrogen) atoms. The maximum Gasteiger partial charge on any atom is 0.416 e. The minimum Gasteiger partial charge on any atom is -0.282 e. The SMILES string of the molecule is Cc1cc(NNC(=O)/C=C\n2cnc(-c3cc(CF)cc(C(F)(F)F)c3)n2)nc(C)n1. The van der Waals surface area contributed by atoms with E-state index in [1.165, 1.54) is 18.6 Å². The second-order valence-corrected chi connectivity index (χ2v) is 6.47. The number of alkyl halides is 4. The molecule has 1 aromatic carbocycles. The summed E-state index contributed by atoms with van der Waals surface area (Å²) < 4.78 is 53.2. The Morgan fingerprint density at radius 1 is 1.16 bits per heavy atom. The van der Waals surface area contributed by atoms with Crippen molar-refractivity contribution in [3.63, 3.8) is 0 Å². The zero-order chi connectivity index (χ0) is 22.6. The second-order valence-electron chi connectivity index (χ2n) is 6.47. The summed E-state index contributed by atoms with van der Waals surface area (Å²) in [5, 5.41) is 4.00. The van der Waals surface area contributed by atoms with Gasteiger partial charge in [-0.1, -0.05) is 0 Å². The molecule has 0 aliphatic heterocycles. The number of aryl methyl sites for hydroxylation is 2. The number of benzene rings is 1. The third kappa shape index (κ3) is 5.84. The van der Waals surface area contributed by atoms with Crippen LogP contribution < -0.4 is 10.9 Å². The molecule has 0 radical (unpaired) electrons. The van der Waals surface area contributed by atoms with Crippen LogP contribution in [0.5, 0.6) is 0 Å². The highest BCUT2D eigenvalue weighted by molar-refractivity contribution is 5.90. The Labute approximate surface area is 174 Å². The van der Waals surface area contributed by atoms with E-state index >= 15 is 0 Å². The average Bonchev–Trinajstić information content (AvgIpc) is 3.18. The molecule has 2 N–H and O–H groups in total. The van der Waals surface area contributed by atoms with Crippen LogP contribution in [0.15, 0.2) is 36.7 Å². The zero-order valence-electron chi connectivity index (χ0n) is 16.4. The predicted molar refractivity (Wildman–Crippen MR) is 104 cm³/mol. The second kappa shape index (κ2) is 8.90. The van der Waals surface area contributed by atoms with E-state index in [1.54, 1.807) is 19.9 Å². The highest BCUT2D eigenvalue weighted by Gasteiger charge is 2.31. The zero-order valence-corrected chi connectivity index (χ0v) is 16.4. The van der Waals surface area contributed by atoms with Gasteiger partial charge in [-0.25, -0.2) is 24.0 Å². The Hall–Kier alpha value is -3.83. The van der Waals surface area contributed by atoms with Gasteiger partial charge in [0.15, 0.2) is 5.82 Å². The molecule has 2 heterocycles. The van der Waals surface area contributed by atoms with E-state index in [0.29, 0.717) is 11.6 Å². The summed E-state index contributed by atoms with van der Waals surface area (Å²) in [6.45, 7) is 2.43. The van der Waals surface area contributed by atoms with Gasteiger partial charge >= 0.3 is 6.18 Å². The summed E-state index contributed by atoms with van der Waals surface area (Å²) in [7, 11) is 0. The number of anilines is 1. The molecule has 0 aliphatic rings. The summed E-state index contributed by atoms with van der Waals surface area (Å²) in [5.41, 5.74) is 4.64. The Morgan fingerprint density at radius 3 is 2.61 bits per heavy atom. The number of carbonyl (C=O) groups is 1. The molecule has 0 atom stereocenters. The Kier molecular flexibility index (Phi) is 6.28. The van der Waals surface area contributed by atoms with Gasteiger partial charge in [-0.3, -0.25) is 15.6 Å². The van der Waals surface area contributed by atoms with E-state index in [0.717, 1.165) is 28.6 Å². The van der Waals surface area contributed by atoms with Crippen molar-refractivity contribution in [3.8, 4) is 11.4 Å².